The minimum atomic E-state index is -0.954. The number of hydrogen-bond acceptors (Lipinski definition) is 8. The number of Topliss-reactive ketones (excluding diaryl/α,β-unsaturated/α-hetero) is 1. The summed E-state index contributed by atoms with van der Waals surface area (Å²) in [6, 6.07) is 0. The molecule has 0 atom stereocenters. The van der Waals surface area contributed by atoms with Crippen LogP contribution in [0, 0.1) is 0 Å². The van der Waals surface area contributed by atoms with Gasteiger partial charge in [-0.1, -0.05) is 0 Å². The van der Waals surface area contributed by atoms with Crippen molar-refractivity contribution in [3.8, 4) is 0 Å². The van der Waals surface area contributed by atoms with Crippen molar-refractivity contribution in [3.63, 3.8) is 0 Å². The van der Waals surface area contributed by atoms with Crippen molar-refractivity contribution in [1.29, 1.82) is 0 Å². The van der Waals surface area contributed by atoms with Gasteiger partial charge < -0.3 is 39.8 Å². The van der Waals surface area contributed by atoms with E-state index >= 15 is 0 Å². The van der Waals surface area contributed by atoms with E-state index in [4.69, 9.17) is 35.0 Å². The Morgan fingerprint density at radius 3 is 1.00 bits per heavy atom. The second-order valence-electron chi connectivity index (χ2n) is 6.68. The Morgan fingerprint density at radius 1 is 0.759 bits per heavy atom. The molecule has 2 aliphatic rings. The van der Waals surface area contributed by atoms with E-state index < -0.39 is 6.10 Å². The smallest absolute Gasteiger partial charge is 0.126 e. The number of aliphatic hydroxyl groups excluding tert-OH is 5. The summed E-state index contributed by atoms with van der Waals surface area (Å²) >= 11 is 0. The van der Waals surface area contributed by atoms with Crippen LogP contribution in [0.1, 0.15) is 73.1 Å². The Bertz CT molecular complexity index is 222. The average molecular weight is 429 g/mol. The van der Waals surface area contributed by atoms with E-state index in [2.05, 4.69) is 0 Å². The SMILES string of the molecule is C1CCOCC1.C1CCOCC1.CC(C)=O.CC(C)O.CCO.OCC(O)CO. The Balaban J connectivity index is -0.000000132. The molecule has 5 N–H and O–H groups in total. The number of rotatable bonds is 2. The molecule has 2 saturated heterocycles. The molecule has 180 valence electrons. The molecular weight excluding hydrogens is 380 g/mol. The molecule has 2 fully saturated rings. The number of ketones is 1. The number of carbonyl (C=O) groups is 1. The van der Waals surface area contributed by atoms with Gasteiger partial charge in [-0.2, -0.15) is 0 Å². The van der Waals surface area contributed by atoms with Crippen LogP contribution in [-0.2, 0) is 14.3 Å². The molecule has 0 saturated carbocycles. The number of ether oxygens (including phenoxy) is 2. The molecule has 0 aromatic heterocycles. The zero-order valence-corrected chi connectivity index (χ0v) is 19.3. The van der Waals surface area contributed by atoms with Gasteiger partial charge in [-0.25, -0.2) is 0 Å². The van der Waals surface area contributed by atoms with E-state index in [1.807, 2.05) is 0 Å². The molecule has 0 aliphatic carbocycles. The fourth-order valence-electron chi connectivity index (χ4n) is 1.43. The molecule has 8 nitrogen and oxygen atoms in total. The van der Waals surface area contributed by atoms with Gasteiger partial charge >= 0.3 is 0 Å². The Hall–Kier alpha value is -0.610. The van der Waals surface area contributed by atoms with Crippen LogP contribution in [0.2, 0.25) is 0 Å². The number of hydrogen-bond donors (Lipinski definition) is 5. The predicted octanol–water partition coefficient (Wildman–Crippen LogP) is 1.69. The lowest BCUT2D eigenvalue weighted by atomic mass is 10.2. The third kappa shape index (κ3) is 74.5. The van der Waals surface area contributed by atoms with Crippen LogP contribution in [0.5, 0.6) is 0 Å². The Kier molecular flexibility index (Phi) is 43.0. The summed E-state index contributed by atoms with van der Waals surface area (Å²) < 4.78 is 10.1. The third-order valence-electron chi connectivity index (χ3n) is 2.58. The fraction of sp³-hybridized carbons (Fsp3) is 0.952. The van der Waals surface area contributed by atoms with E-state index in [1.54, 1.807) is 20.8 Å². The summed E-state index contributed by atoms with van der Waals surface area (Å²) in [4.78, 5) is 9.44. The zero-order valence-electron chi connectivity index (χ0n) is 19.3. The van der Waals surface area contributed by atoms with Crippen LogP contribution in [0.15, 0.2) is 0 Å². The summed E-state index contributed by atoms with van der Waals surface area (Å²) in [5.41, 5.74) is 0. The third-order valence-corrected chi connectivity index (χ3v) is 2.58. The van der Waals surface area contributed by atoms with Gasteiger partial charge in [0.05, 0.1) is 13.2 Å². The first-order chi connectivity index (χ1) is 13.7. The van der Waals surface area contributed by atoms with E-state index in [9.17, 15) is 4.79 Å². The predicted molar refractivity (Wildman–Crippen MR) is 116 cm³/mol. The molecule has 29 heavy (non-hydrogen) atoms. The minimum Gasteiger partial charge on any atom is -0.397 e. The summed E-state index contributed by atoms with van der Waals surface area (Å²) in [5, 5.41) is 39.6. The first-order valence-electron chi connectivity index (χ1n) is 10.5. The Labute approximate surface area is 177 Å². The van der Waals surface area contributed by atoms with Crippen molar-refractivity contribution in [1.82, 2.24) is 0 Å². The lowest BCUT2D eigenvalue weighted by molar-refractivity contribution is -0.115. The molecule has 0 radical (unpaired) electrons. The van der Waals surface area contributed by atoms with Gasteiger partial charge in [-0.15, -0.1) is 0 Å². The van der Waals surface area contributed by atoms with Crippen LogP contribution in [0.25, 0.3) is 0 Å². The lowest BCUT2D eigenvalue weighted by Crippen LogP contribution is -2.15. The molecule has 2 rings (SSSR count). The van der Waals surface area contributed by atoms with Crippen molar-refractivity contribution >= 4 is 5.78 Å². The molecule has 0 amide bonds. The molecule has 2 aliphatic heterocycles. The largest absolute Gasteiger partial charge is 0.397 e. The van der Waals surface area contributed by atoms with Crippen LogP contribution < -0.4 is 0 Å². The lowest BCUT2D eigenvalue weighted by Gasteiger charge is -2.08. The molecule has 8 heteroatoms. The molecule has 0 aromatic rings. The van der Waals surface area contributed by atoms with Crippen molar-refractivity contribution in [2.24, 2.45) is 0 Å². The van der Waals surface area contributed by atoms with Crippen LogP contribution >= 0.6 is 0 Å². The van der Waals surface area contributed by atoms with E-state index in [0.29, 0.717) is 0 Å². The van der Waals surface area contributed by atoms with Gasteiger partial charge in [-0.3, -0.25) is 0 Å². The maximum atomic E-state index is 9.44. The first-order valence-corrected chi connectivity index (χ1v) is 10.5. The molecule has 2 heterocycles. The molecule has 0 unspecified atom stereocenters. The highest BCUT2D eigenvalue weighted by atomic mass is 16.5. The molecule has 0 bridgehead atoms. The Morgan fingerprint density at radius 2 is 0.966 bits per heavy atom. The standard InChI is InChI=1S/2C5H10O.C3H8O3.C3H8O.C3H6O.C2H6O/c2*1-2-4-6-5-3-1;4-1-3(6)2-5;2*1-3(2)4;1-2-3/h2*1-5H2;3-6H,1-2H2;3-4H,1-2H3;1-2H3;3H,2H2,1H3. The van der Waals surface area contributed by atoms with Gasteiger partial charge in [0.25, 0.3) is 0 Å². The van der Waals surface area contributed by atoms with Crippen molar-refractivity contribution in [3.05, 3.63) is 0 Å². The van der Waals surface area contributed by atoms with Gasteiger partial charge in [0.1, 0.15) is 11.9 Å². The summed E-state index contributed by atoms with van der Waals surface area (Å²) in [5.74, 6) is 0.167. The summed E-state index contributed by atoms with van der Waals surface area (Å²) in [7, 11) is 0. The van der Waals surface area contributed by atoms with E-state index in [1.165, 1.54) is 52.4 Å². The second-order valence-corrected chi connectivity index (χ2v) is 6.68. The maximum absolute atomic E-state index is 9.44. The van der Waals surface area contributed by atoms with Crippen LogP contribution in [-0.4, -0.2) is 89.8 Å². The highest BCUT2D eigenvalue weighted by Gasteiger charge is 1.95. The molecular formula is C21H48O8. The first kappa shape index (κ1) is 35.8. The van der Waals surface area contributed by atoms with Crippen molar-refractivity contribution < 1.29 is 39.8 Å². The van der Waals surface area contributed by atoms with Gasteiger partial charge in [0, 0.05) is 39.1 Å². The highest BCUT2D eigenvalue weighted by molar-refractivity contribution is 5.72. The number of aliphatic hydroxyl groups is 5. The average Bonchev–Trinajstić information content (AvgIpc) is 2.71. The molecule has 0 spiro atoms. The van der Waals surface area contributed by atoms with Crippen molar-refractivity contribution in [2.75, 3.05) is 46.2 Å². The maximum Gasteiger partial charge on any atom is 0.126 e. The van der Waals surface area contributed by atoms with Crippen LogP contribution in [0.3, 0.4) is 0 Å². The molecule has 0 aromatic carbocycles. The second kappa shape index (κ2) is 34.9. The van der Waals surface area contributed by atoms with Gasteiger partial charge in [0.2, 0.25) is 0 Å². The summed E-state index contributed by atoms with van der Waals surface area (Å²) in [6.07, 6.45) is 6.74. The fourth-order valence-corrected chi connectivity index (χ4v) is 1.43. The van der Waals surface area contributed by atoms with Crippen molar-refractivity contribution in [2.45, 2.75) is 85.4 Å². The van der Waals surface area contributed by atoms with Gasteiger partial charge in [-0.05, 0) is 73.1 Å². The monoisotopic (exact) mass is 428 g/mol. The quantitative estimate of drug-likeness (QED) is 0.448. The van der Waals surface area contributed by atoms with Gasteiger partial charge in [0.15, 0.2) is 0 Å². The van der Waals surface area contributed by atoms with Crippen LogP contribution in [0.4, 0.5) is 0 Å². The normalized spacial score (nSPS) is 14.8. The van der Waals surface area contributed by atoms with E-state index in [0.717, 1.165) is 26.4 Å². The van der Waals surface area contributed by atoms with E-state index in [-0.39, 0.29) is 31.7 Å². The zero-order chi connectivity index (χ0) is 23.3. The minimum absolute atomic E-state index is 0.167. The topological polar surface area (TPSA) is 137 Å². The number of carbonyl (C=O) groups excluding carboxylic acids is 1. The summed E-state index contributed by atoms with van der Waals surface area (Å²) in [6.45, 7) is 11.7. The highest BCUT2D eigenvalue weighted by Crippen LogP contribution is 2.02.